The van der Waals surface area contributed by atoms with Gasteiger partial charge >= 0.3 is 0 Å². The Bertz CT molecular complexity index is 46.0. The summed E-state index contributed by atoms with van der Waals surface area (Å²) in [5.41, 5.74) is 0. The van der Waals surface area contributed by atoms with Crippen molar-refractivity contribution >= 4 is 18.1 Å². The molecule has 0 saturated heterocycles. The standard InChI is InChI=1S/CH5NPS/c1-3-4-2/h2,4H,1H3/q-1. The van der Waals surface area contributed by atoms with E-state index in [9.17, 15) is 0 Å². The summed E-state index contributed by atoms with van der Waals surface area (Å²) in [5.74, 6) is 0. The lowest BCUT2D eigenvalue weighted by molar-refractivity contribution is 1.67. The molecule has 0 fully saturated rings. The van der Waals surface area contributed by atoms with Gasteiger partial charge in [0, 0.05) is 0 Å². The van der Waals surface area contributed by atoms with Gasteiger partial charge in [0.15, 0.2) is 0 Å². The van der Waals surface area contributed by atoms with Crippen LogP contribution >= 0.6 is 7.36 Å². The minimum Gasteiger partial charge on any atom is -0.449 e. The molecule has 0 aromatic rings. The molecule has 0 aromatic heterocycles. The van der Waals surface area contributed by atoms with E-state index in [1.807, 2.05) is 6.66 Å². The van der Waals surface area contributed by atoms with Gasteiger partial charge in [-0.15, -0.1) is 0 Å². The Hall–Kier alpha value is 0.450. The maximum Gasteiger partial charge on any atom is -0.0464 e. The first-order valence-electron chi connectivity index (χ1n) is 0.871. The predicted octanol–water partition coefficient (Wildman–Crippen LogP) is 1.05. The number of hydrogen-bond donors (Lipinski definition) is 1. The predicted molar refractivity (Wildman–Crippen MR) is 24.3 cm³/mol. The van der Waals surface area contributed by atoms with Crippen LogP contribution < -0.4 is 0 Å². The Morgan fingerprint density at radius 2 is 2.25 bits per heavy atom. The van der Waals surface area contributed by atoms with Crippen molar-refractivity contribution in [2.24, 2.45) is 0 Å². The SMILES string of the molecule is CP=[SH-]=N. The van der Waals surface area contributed by atoms with E-state index in [0.717, 1.165) is 18.1 Å². The van der Waals surface area contributed by atoms with Gasteiger partial charge in [0.25, 0.3) is 0 Å². The first-order chi connectivity index (χ1) is 1.91. The van der Waals surface area contributed by atoms with Gasteiger partial charge in [0.1, 0.15) is 0 Å². The van der Waals surface area contributed by atoms with E-state index in [2.05, 4.69) is 0 Å². The van der Waals surface area contributed by atoms with Crippen molar-refractivity contribution in [2.45, 2.75) is 0 Å². The van der Waals surface area contributed by atoms with Crippen molar-refractivity contribution in [3.63, 3.8) is 0 Å². The van der Waals surface area contributed by atoms with Crippen LogP contribution in [0.15, 0.2) is 0 Å². The summed E-state index contributed by atoms with van der Waals surface area (Å²) in [6.45, 7) is 1.95. The van der Waals surface area contributed by atoms with E-state index in [0.29, 0.717) is 0 Å². The van der Waals surface area contributed by atoms with Crippen LogP contribution in [0.3, 0.4) is 0 Å². The summed E-state index contributed by atoms with van der Waals surface area (Å²) in [6, 6.07) is 0. The zero-order chi connectivity index (χ0) is 3.41. The van der Waals surface area contributed by atoms with E-state index in [1.165, 1.54) is 0 Å². The molecule has 0 unspecified atom stereocenters. The van der Waals surface area contributed by atoms with Gasteiger partial charge < -0.3 is 15.5 Å². The molecular weight excluding hydrogens is 89.1 g/mol. The van der Waals surface area contributed by atoms with Gasteiger partial charge in [-0.2, -0.15) is 0 Å². The van der Waals surface area contributed by atoms with Crippen molar-refractivity contribution in [2.75, 3.05) is 6.66 Å². The molecule has 26 valence electrons. The highest BCUT2D eigenvalue weighted by molar-refractivity contribution is 8.00. The highest BCUT2D eigenvalue weighted by Crippen LogP contribution is 1.73. The molecule has 0 saturated carbocycles. The van der Waals surface area contributed by atoms with Crippen LogP contribution in [0.5, 0.6) is 0 Å². The van der Waals surface area contributed by atoms with Gasteiger partial charge in [0.05, 0.1) is 0 Å². The third kappa shape index (κ3) is 2.45. The van der Waals surface area contributed by atoms with Crippen molar-refractivity contribution in [3.05, 3.63) is 0 Å². The quantitative estimate of drug-likeness (QED) is 0.263. The highest BCUT2D eigenvalue weighted by Gasteiger charge is 1.08. The fourth-order valence-electron chi connectivity index (χ4n) is 0. The second kappa shape index (κ2) is 3.45. The molecule has 0 spiro atoms. The molecule has 1 nitrogen and oxygen atoms in total. The summed E-state index contributed by atoms with van der Waals surface area (Å²) in [5, 5.41) is 0. The maximum atomic E-state index is 6.41. The average molecular weight is 94.1 g/mol. The highest BCUT2D eigenvalue weighted by atomic mass is 32.4. The summed E-state index contributed by atoms with van der Waals surface area (Å²) < 4.78 is 6.41. The summed E-state index contributed by atoms with van der Waals surface area (Å²) in [6.07, 6.45) is 0. The third-order valence-corrected chi connectivity index (χ3v) is 0.900. The Labute approximate surface area is 30.4 Å². The fraction of sp³-hybridized carbons (Fsp3) is 1.00. The van der Waals surface area contributed by atoms with Crippen molar-refractivity contribution in [1.82, 2.24) is 0 Å². The van der Waals surface area contributed by atoms with E-state index in [-0.39, 0.29) is 0 Å². The number of nitrogens with one attached hydrogen (secondary N) is 1. The van der Waals surface area contributed by atoms with Crippen LogP contribution in [0, 0.1) is 4.78 Å². The monoisotopic (exact) mass is 94.0 g/mol. The van der Waals surface area contributed by atoms with E-state index < -0.39 is 0 Å². The molecule has 0 aliphatic heterocycles. The number of rotatable bonds is 0. The smallest absolute Gasteiger partial charge is 0.0464 e. The fourth-order valence-corrected chi connectivity index (χ4v) is 0. The average Bonchev–Trinajstić information content (AvgIpc) is 1.37. The molecule has 0 radical (unpaired) electrons. The summed E-state index contributed by atoms with van der Waals surface area (Å²) >= 11 is 0. The molecule has 0 aliphatic carbocycles. The minimum absolute atomic E-state index is 0.721. The third-order valence-electron chi connectivity index (χ3n) is 0.100. The molecule has 1 N–H and O–H groups in total. The molecule has 0 atom stereocenters. The van der Waals surface area contributed by atoms with Gasteiger partial charge in [0.2, 0.25) is 0 Å². The molecule has 0 aromatic carbocycles. The first kappa shape index (κ1) is 4.45. The number of hydrogen-bond acceptors (Lipinski definition) is 2. The first-order valence-corrected chi connectivity index (χ1v) is 3.81. The molecule has 0 amide bonds. The van der Waals surface area contributed by atoms with Gasteiger partial charge in [-0.25, -0.2) is 0 Å². The Balaban J connectivity index is 3.11. The zero-order valence-corrected chi connectivity index (χ0v) is 4.18. The normalized spacial score (nSPS) is 8.25. The van der Waals surface area contributed by atoms with E-state index >= 15 is 0 Å². The minimum atomic E-state index is 0.721. The molecule has 0 aliphatic rings. The Morgan fingerprint density at radius 1 is 2.00 bits per heavy atom. The van der Waals surface area contributed by atoms with Crippen molar-refractivity contribution < 1.29 is 0 Å². The van der Waals surface area contributed by atoms with Gasteiger partial charge in [-0.05, 0) is 6.66 Å². The van der Waals surface area contributed by atoms with Crippen LogP contribution in [-0.2, 0) is 10.7 Å². The second-order valence-corrected chi connectivity index (χ2v) is 2.70. The molecular formula is CH5NPS-. The molecule has 3 heteroatoms. The summed E-state index contributed by atoms with van der Waals surface area (Å²) in [4.78, 5) is 0. The lowest BCUT2D eigenvalue weighted by Gasteiger charge is -1.57. The number of thiol groups is 1. The van der Waals surface area contributed by atoms with Crippen molar-refractivity contribution in [3.8, 4) is 0 Å². The molecule has 0 rings (SSSR count). The van der Waals surface area contributed by atoms with Crippen LogP contribution in [0.1, 0.15) is 0 Å². The maximum absolute atomic E-state index is 6.41. The lowest BCUT2D eigenvalue weighted by Crippen LogP contribution is -1.07. The largest absolute Gasteiger partial charge is 0.449 e. The lowest BCUT2D eigenvalue weighted by atomic mass is 12.0. The van der Waals surface area contributed by atoms with Gasteiger partial charge in [-0.1, -0.05) is 0 Å². The molecule has 4 heavy (non-hydrogen) atoms. The van der Waals surface area contributed by atoms with Crippen LogP contribution in [0.4, 0.5) is 0 Å². The van der Waals surface area contributed by atoms with E-state index in [1.54, 1.807) is 0 Å². The zero-order valence-electron chi connectivity index (χ0n) is 2.39. The van der Waals surface area contributed by atoms with Crippen LogP contribution in [0.2, 0.25) is 0 Å². The molecule has 0 heterocycles. The topological polar surface area (TPSA) is 23.9 Å². The summed E-state index contributed by atoms with van der Waals surface area (Å²) in [7, 11) is 1.86. The Kier molecular flexibility index (Phi) is 3.84. The molecule has 0 bridgehead atoms. The van der Waals surface area contributed by atoms with E-state index in [4.69, 9.17) is 4.78 Å². The second-order valence-electron chi connectivity index (χ2n) is 0.300. The van der Waals surface area contributed by atoms with Crippen molar-refractivity contribution in [1.29, 1.82) is 4.78 Å². The Morgan fingerprint density at radius 3 is 2.25 bits per heavy atom. The van der Waals surface area contributed by atoms with Gasteiger partial charge in [-0.3, -0.25) is 7.36 Å². The van der Waals surface area contributed by atoms with Crippen LogP contribution in [0.25, 0.3) is 0 Å². The van der Waals surface area contributed by atoms with Crippen LogP contribution in [-0.4, -0.2) is 6.66 Å².